The molecule has 2 rings (SSSR count). The highest BCUT2D eigenvalue weighted by Gasteiger charge is 2.28. The van der Waals surface area contributed by atoms with Crippen LogP contribution in [0.15, 0.2) is 24.4 Å². The average Bonchev–Trinajstić information content (AvgIpc) is 2.82. The molecule has 0 N–H and O–H groups in total. The van der Waals surface area contributed by atoms with Crippen molar-refractivity contribution in [2.45, 2.75) is 26.6 Å². The molecule has 1 aliphatic rings. The van der Waals surface area contributed by atoms with Crippen molar-refractivity contribution >= 4 is 0 Å². The van der Waals surface area contributed by atoms with Gasteiger partial charge in [0.05, 0.1) is 0 Å². The first-order valence-corrected chi connectivity index (χ1v) is 6.72. The van der Waals surface area contributed by atoms with Gasteiger partial charge in [-0.25, -0.2) is 9.99 Å². The topological polar surface area (TPSA) is 28.6 Å². The van der Waals surface area contributed by atoms with Crippen LogP contribution in [0.2, 0.25) is 0 Å². The van der Waals surface area contributed by atoms with Crippen molar-refractivity contribution in [2.24, 2.45) is 0 Å². The Hall–Kier alpha value is -1.76. The third kappa shape index (κ3) is 4.63. The summed E-state index contributed by atoms with van der Waals surface area (Å²) in [5, 5.41) is 4.16. The van der Waals surface area contributed by atoms with Gasteiger partial charge in [0.25, 0.3) is 0 Å². The second kappa shape index (κ2) is 6.34. The quantitative estimate of drug-likeness (QED) is 0.836. The van der Waals surface area contributed by atoms with Gasteiger partial charge in [0.2, 0.25) is 5.88 Å². The second-order valence-corrected chi connectivity index (χ2v) is 4.85. The number of aromatic nitrogens is 1. The van der Waals surface area contributed by atoms with Crippen molar-refractivity contribution in [3.05, 3.63) is 35.7 Å². The zero-order valence-electron chi connectivity index (χ0n) is 12.0. The van der Waals surface area contributed by atoms with E-state index in [-0.39, 0.29) is 5.88 Å². The number of hydrazine groups is 1. The highest BCUT2D eigenvalue weighted by molar-refractivity contribution is 5.25. The fourth-order valence-electron chi connectivity index (χ4n) is 2.19. The van der Waals surface area contributed by atoms with Crippen molar-refractivity contribution in [1.82, 2.24) is 15.0 Å². The first-order chi connectivity index (χ1) is 9.87. The normalized spacial score (nSPS) is 15.8. The molecule has 0 saturated heterocycles. The van der Waals surface area contributed by atoms with E-state index in [4.69, 9.17) is 4.74 Å². The van der Waals surface area contributed by atoms with Crippen LogP contribution in [0.5, 0.6) is 5.88 Å². The fraction of sp³-hybridized carbons (Fsp3) is 0.500. The molecule has 1 aromatic rings. The van der Waals surface area contributed by atoms with Gasteiger partial charge in [-0.05, 0) is 25.5 Å². The number of hydrogen-bond acceptors (Lipinski definition) is 4. The van der Waals surface area contributed by atoms with E-state index >= 15 is 0 Å². The van der Waals surface area contributed by atoms with Gasteiger partial charge in [-0.1, -0.05) is 6.08 Å². The van der Waals surface area contributed by atoms with E-state index in [9.17, 15) is 13.2 Å². The number of halogens is 3. The van der Waals surface area contributed by atoms with E-state index in [2.05, 4.69) is 15.0 Å². The lowest BCUT2D eigenvalue weighted by Crippen LogP contribution is -2.34. The molecule has 0 amide bonds. The average molecular weight is 301 g/mol. The van der Waals surface area contributed by atoms with Crippen molar-refractivity contribution in [1.29, 1.82) is 0 Å². The third-order valence-corrected chi connectivity index (χ3v) is 3.02. The smallest absolute Gasteiger partial charge is 0.422 e. The summed E-state index contributed by atoms with van der Waals surface area (Å²) in [6.45, 7) is 4.69. The van der Waals surface area contributed by atoms with Gasteiger partial charge in [0, 0.05) is 37.6 Å². The molecule has 0 atom stereocenters. The lowest BCUT2D eigenvalue weighted by atomic mass is 10.2. The summed E-state index contributed by atoms with van der Waals surface area (Å²) in [5.41, 5.74) is 1.52. The SMILES string of the molecule is CCN1C=CCN1Cc1cc(C)nc(OCC(F)(F)F)c1. The Balaban J connectivity index is 2.05. The predicted octanol–water partition coefficient (Wildman–Crippen LogP) is 2.90. The summed E-state index contributed by atoms with van der Waals surface area (Å²) in [5.74, 6) is 0.0116. The zero-order valence-corrected chi connectivity index (χ0v) is 12.0. The molecule has 0 aliphatic carbocycles. The Kier molecular flexibility index (Phi) is 4.72. The van der Waals surface area contributed by atoms with Crippen LogP contribution in [-0.2, 0) is 6.54 Å². The first kappa shape index (κ1) is 15.6. The minimum atomic E-state index is -4.36. The zero-order chi connectivity index (χ0) is 15.5. The number of alkyl halides is 3. The Labute approximate surface area is 121 Å². The van der Waals surface area contributed by atoms with Crippen LogP contribution in [0.3, 0.4) is 0 Å². The molecular formula is C14H18F3N3O. The van der Waals surface area contributed by atoms with Gasteiger partial charge >= 0.3 is 6.18 Å². The van der Waals surface area contributed by atoms with Crippen molar-refractivity contribution in [3.8, 4) is 5.88 Å². The summed E-state index contributed by atoms with van der Waals surface area (Å²) in [7, 11) is 0. The summed E-state index contributed by atoms with van der Waals surface area (Å²) in [4.78, 5) is 3.98. The van der Waals surface area contributed by atoms with E-state index < -0.39 is 12.8 Å². The van der Waals surface area contributed by atoms with Crippen LogP contribution in [0.4, 0.5) is 13.2 Å². The van der Waals surface area contributed by atoms with Crippen LogP contribution in [-0.4, -0.2) is 40.9 Å². The number of hydrogen-bond donors (Lipinski definition) is 0. The monoisotopic (exact) mass is 301 g/mol. The standard InChI is InChI=1S/C14H18F3N3O/c1-3-19-5-4-6-20(19)9-12-7-11(2)18-13(8-12)21-10-14(15,16)17/h4-5,7-8H,3,6,9-10H2,1-2H3. The van der Waals surface area contributed by atoms with E-state index in [1.54, 1.807) is 13.0 Å². The molecule has 7 heteroatoms. The molecule has 0 radical (unpaired) electrons. The predicted molar refractivity (Wildman–Crippen MR) is 72.5 cm³/mol. The highest BCUT2D eigenvalue weighted by atomic mass is 19.4. The minimum Gasteiger partial charge on any atom is -0.468 e. The maximum Gasteiger partial charge on any atom is 0.422 e. The molecule has 1 aromatic heterocycles. The Morgan fingerprint density at radius 3 is 2.76 bits per heavy atom. The molecule has 1 aliphatic heterocycles. The number of aryl methyl sites for hydroxylation is 1. The van der Waals surface area contributed by atoms with E-state index in [0.717, 1.165) is 18.7 Å². The molecule has 0 fully saturated rings. The van der Waals surface area contributed by atoms with E-state index in [0.29, 0.717) is 12.2 Å². The largest absolute Gasteiger partial charge is 0.468 e. The van der Waals surface area contributed by atoms with Gasteiger partial charge in [-0.15, -0.1) is 0 Å². The summed E-state index contributed by atoms with van der Waals surface area (Å²) in [6.07, 6.45) is -0.322. The van der Waals surface area contributed by atoms with Crippen LogP contribution < -0.4 is 4.74 Å². The Bertz CT molecular complexity index is 517. The third-order valence-electron chi connectivity index (χ3n) is 3.02. The number of nitrogens with zero attached hydrogens (tertiary/aromatic N) is 3. The second-order valence-electron chi connectivity index (χ2n) is 4.85. The molecule has 21 heavy (non-hydrogen) atoms. The van der Waals surface area contributed by atoms with Crippen molar-refractivity contribution in [2.75, 3.05) is 19.7 Å². The van der Waals surface area contributed by atoms with Gasteiger partial charge in [0.1, 0.15) is 0 Å². The minimum absolute atomic E-state index is 0.0116. The molecule has 4 nitrogen and oxygen atoms in total. The van der Waals surface area contributed by atoms with Gasteiger partial charge < -0.3 is 9.75 Å². The maximum atomic E-state index is 12.2. The Morgan fingerprint density at radius 2 is 2.10 bits per heavy atom. The highest BCUT2D eigenvalue weighted by Crippen LogP contribution is 2.20. The molecule has 2 heterocycles. The molecule has 116 valence electrons. The number of rotatable bonds is 5. The lowest BCUT2D eigenvalue weighted by molar-refractivity contribution is -0.154. The molecule has 0 spiro atoms. The molecule has 0 unspecified atom stereocenters. The lowest BCUT2D eigenvalue weighted by Gasteiger charge is -2.28. The van der Waals surface area contributed by atoms with Crippen molar-refractivity contribution in [3.63, 3.8) is 0 Å². The molecule has 0 bridgehead atoms. The van der Waals surface area contributed by atoms with Crippen LogP contribution >= 0.6 is 0 Å². The van der Waals surface area contributed by atoms with Gasteiger partial charge in [0.15, 0.2) is 6.61 Å². The van der Waals surface area contributed by atoms with E-state index in [1.165, 1.54) is 0 Å². The Morgan fingerprint density at radius 1 is 1.33 bits per heavy atom. The van der Waals surface area contributed by atoms with Crippen LogP contribution in [0, 0.1) is 6.92 Å². The summed E-state index contributed by atoms with van der Waals surface area (Å²) >= 11 is 0. The fourth-order valence-corrected chi connectivity index (χ4v) is 2.19. The number of ether oxygens (including phenoxy) is 1. The van der Waals surface area contributed by atoms with Crippen LogP contribution in [0.25, 0.3) is 0 Å². The van der Waals surface area contributed by atoms with Crippen LogP contribution in [0.1, 0.15) is 18.2 Å². The number of pyridine rings is 1. The first-order valence-electron chi connectivity index (χ1n) is 6.72. The molecule has 0 saturated carbocycles. The summed E-state index contributed by atoms with van der Waals surface area (Å²) < 4.78 is 41.3. The summed E-state index contributed by atoms with van der Waals surface area (Å²) in [6, 6.07) is 3.41. The molecule has 0 aromatic carbocycles. The van der Waals surface area contributed by atoms with E-state index in [1.807, 2.05) is 25.3 Å². The van der Waals surface area contributed by atoms with Gasteiger partial charge in [-0.3, -0.25) is 0 Å². The van der Waals surface area contributed by atoms with Gasteiger partial charge in [-0.2, -0.15) is 13.2 Å². The maximum absolute atomic E-state index is 12.2. The molecular weight excluding hydrogens is 283 g/mol. The van der Waals surface area contributed by atoms with Crippen molar-refractivity contribution < 1.29 is 17.9 Å².